The van der Waals surface area contributed by atoms with Crippen molar-refractivity contribution in [3.63, 3.8) is 0 Å². The first-order chi connectivity index (χ1) is 37.0. The van der Waals surface area contributed by atoms with Crippen LogP contribution in [0.25, 0.3) is 0 Å². The highest BCUT2D eigenvalue weighted by atomic mass is 17.2. The molecular formula is C57H65N5O14. The summed E-state index contributed by atoms with van der Waals surface area (Å²) in [5.74, 6) is -1.87. The van der Waals surface area contributed by atoms with Gasteiger partial charge in [-0.15, -0.1) is 0 Å². The van der Waals surface area contributed by atoms with Gasteiger partial charge in [0.15, 0.2) is 17.2 Å². The fraction of sp³-hybridized carbons (Fsp3) is 0.386. The third-order valence-electron chi connectivity index (χ3n) is 14.0. The number of carboxylic acid groups (broad SMARTS) is 1. The van der Waals surface area contributed by atoms with Crippen molar-refractivity contribution in [3.05, 3.63) is 154 Å². The van der Waals surface area contributed by atoms with Gasteiger partial charge in [-0.2, -0.15) is 4.89 Å². The maximum atomic E-state index is 14.2. The van der Waals surface area contributed by atoms with Crippen molar-refractivity contribution in [2.45, 2.75) is 69.9 Å². The third-order valence-corrected chi connectivity index (χ3v) is 14.0. The van der Waals surface area contributed by atoms with E-state index in [1.807, 2.05) is 103 Å². The van der Waals surface area contributed by atoms with E-state index >= 15 is 0 Å². The van der Waals surface area contributed by atoms with Crippen molar-refractivity contribution in [2.75, 3.05) is 60.1 Å². The first-order valence-corrected chi connectivity index (χ1v) is 25.5. The second kappa shape index (κ2) is 26.5. The molecule has 8 rings (SSSR count). The molecule has 0 spiro atoms. The number of carbonyl (C=O) groups excluding carboxylic acids is 4. The van der Waals surface area contributed by atoms with E-state index in [9.17, 15) is 34.2 Å². The molecule has 19 nitrogen and oxygen atoms in total. The van der Waals surface area contributed by atoms with Crippen LogP contribution in [0.4, 0.5) is 14.4 Å². The van der Waals surface area contributed by atoms with Crippen molar-refractivity contribution in [2.24, 2.45) is 11.8 Å². The Morgan fingerprint density at radius 2 is 1.39 bits per heavy atom. The predicted octanol–water partition coefficient (Wildman–Crippen LogP) is 7.63. The lowest BCUT2D eigenvalue weighted by atomic mass is 9.65. The quantitative estimate of drug-likeness (QED) is 0.0164. The summed E-state index contributed by atoms with van der Waals surface area (Å²) < 4.78 is 27.9. The van der Waals surface area contributed by atoms with Crippen molar-refractivity contribution < 1.29 is 67.6 Å². The minimum absolute atomic E-state index is 0.0526. The Morgan fingerprint density at radius 3 is 2.05 bits per heavy atom. The number of methoxy groups -OCH3 is 2. The minimum Gasteiger partial charge on any atom is -0.502 e. The van der Waals surface area contributed by atoms with Gasteiger partial charge in [-0.3, -0.25) is 9.59 Å². The van der Waals surface area contributed by atoms with E-state index in [-0.39, 0.29) is 88.3 Å². The summed E-state index contributed by atoms with van der Waals surface area (Å²) in [5, 5.41) is 30.0. The lowest BCUT2D eigenvalue weighted by Gasteiger charge is -2.39. The van der Waals surface area contributed by atoms with Gasteiger partial charge in [0, 0.05) is 49.6 Å². The maximum Gasteiger partial charge on any atom is 0.410 e. The number of rotatable bonds is 25. The second-order valence-corrected chi connectivity index (χ2v) is 18.9. The van der Waals surface area contributed by atoms with Crippen LogP contribution in [0.2, 0.25) is 0 Å². The molecule has 5 aromatic rings. The number of hydrogen-bond acceptors (Lipinski definition) is 14. The van der Waals surface area contributed by atoms with Gasteiger partial charge >= 0.3 is 24.2 Å². The number of ether oxygens (including phenoxy) is 5. The van der Waals surface area contributed by atoms with Crippen molar-refractivity contribution >= 4 is 30.2 Å². The summed E-state index contributed by atoms with van der Waals surface area (Å²) in [7, 11) is 2.86. The predicted molar refractivity (Wildman–Crippen MR) is 277 cm³/mol. The highest BCUT2D eigenvalue weighted by molar-refractivity contribution is 5.82. The molecule has 3 aliphatic rings. The van der Waals surface area contributed by atoms with E-state index in [2.05, 4.69) is 16.0 Å². The molecule has 0 saturated carbocycles. The summed E-state index contributed by atoms with van der Waals surface area (Å²) in [5.41, 5.74) is 5.56. The number of alkyl carbamates (subject to hydrolysis) is 1. The van der Waals surface area contributed by atoms with Crippen molar-refractivity contribution in [1.29, 1.82) is 0 Å². The highest BCUT2D eigenvalue weighted by Crippen LogP contribution is 2.54. The molecule has 5 atom stereocenters. The summed E-state index contributed by atoms with van der Waals surface area (Å²) in [6.07, 6.45) is -0.0347. The van der Waals surface area contributed by atoms with Gasteiger partial charge in [-0.25, -0.2) is 14.4 Å². The number of nitrogens with one attached hydrogen (secondary N) is 3. The van der Waals surface area contributed by atoms with Crippen LogP contribution in [-0.2, 0) is 54.9 Å². The van der Waals surface area contributed by atoms with Crippen LogP contribution in [0.3, 0.4) is 0 Å². The molecule has 4 amide bonds. The summed E-state index contributed by atoms with van der Waals surface area (Å²) in [6.45, 7) is 1.55. The Labute approximate surface area is 441 Å². The molecule has 5 N–H and O–H groups in total. The van der Waals surface area contributed by atoms with E-state index in [1.54, 1.807) is 17.0 Å². The van der Waals surface area contributed by atoms with Gasteiger partial charge in [0.25, 0.3) is 0 Å². The SMILES string of the molecule is COc1cc(C2c3cc4c(cc3C(NC(=O)CNCCCN(C(=O)OCc3ccccc3)C(CCCN(CCCNC(=O)OCc3ccccc3)C(=O)O)Cc3ccccc3)C3COC(=O)C23)COO4)cc(OC)c1O. The van der Waals surface area contributed by atoms with E-state index in [1.165, 1.54) is 19.1 Å². The van der Waals surface area contributed by atoms with E-state index in [4.69, 9.17) is 33.5 Å². The first-order valence-electron chi connectivity index (χ1n) is 25.5. The number of nitrogens with zero attached hydrogens (tertiary/aromatic N) is 2. The molecule has 19 heteroatoms. The molecule has 76 heavy (non-hydrogen) atoms. The molecule has 0 radical (unpaired) electrons. The van der Waals surface area contributed by atoms with Crippen molar-refractivity contribution in [3.8, 4) is 23.0 Å². The van der Waals surface area contributed by atoms with Crippen LogP contribution in [0.15, 0.2) is 115 Å². The molecular weight excluding hydrogens is 979 g/mol. The number of cyclic esters (lactones) is 1. The smallest absolute Gasteiger partial charge is 0.410 e. The van der Waals surface area contributed by atoms with E-state index in [0.29, 0.717) is 55.5 Å². The largest absolute Gasteiger partial charge is 0.502 e. The minimum atomic E-state index is -1.09. The molecule has 1 aliphatic carbocycles. The summed E-state index contributed by atoms with van der Waals surface area (Å²) in [6, 6.07) is 34.5. The Kier molecular flexibility index (Phi) is 18.9. The molecule has 0 aromatic heterocycles. The number of phenols is 1. The third kappa shape index (κ3) is 13.8. The van der Waals surface area contributed by atoms with Crippen molar-refractivity contribution in [1.82, 2.24) is 25.8 Å². The van der Waals surface area contributed by atoms with Gasteiger partial charge in [-0.05, 0) is 96.3 Å². The zero-order chi connectivity index (χ0) is 53.4. The lowest BCUT2D eigenvalue weighted by molar-refractivity contribution is -0.194. The number of esters is 1. The van der Waals surface area contributed by atoms with E-state index in [0.717, 1.165) is 27.8 Å². The first kappa shape index (κ1) is 54.2. The normalized spacial score (nSPS) is 17.4. The zero-order valence-corrected chi connectivity index (χ0v) is 42.7. The summed E-state index contributed by atoms with van der Waals surface area (Å²) in [4.78, 5) is 80.4. The number of aromatic hydroxyl groups is 1. The number of phenolic OH excluding ortho intramolecular Hbond substituents is 1. The molecule has 1 fully saturated rings. The standard InChI is InChI=1S/C57H65N5O14/c1-70-47-29-40(30-48(71-2)53(47)64)50-43-31-46-41(35-75-76-46)28-44(43)52(45-36-72-54(65)51(45)50)60-49(63)32-58-22-13-26-62(57(69)74-34-39-19-10-5-11-20-39)42(27-37-15-6-3-7-16-37)21-12-24-61(56(67)68)25-14-23-59-55(66)73-33-38-17-8-4-9-18-38/h3-11,15-20,28-31,42,45,50-52,58,64H,12-14,21-27,32-36H2,1-2H3,(H,59,66)(H,60,63)(H,67,68). The molecule has 2 aliphatic heterocycles. The van der Waals surface area contributed by atoms with Crippen LogP contribution in [0, 0.1) is 11.8 Å². The average molecular weight is 1040 g/mol. The fourth-order valence-corrected chi connectivity index (χ4v) is 10.2. The Morgan fingerprint density at radius 1 is 0.763 bits per heavy atom. The Hall–Kier alpha value is -8.03. The maximum absolute atomic E-state index is 14.2. The number of benzene rings is 5. The van der Waals surface area contributed by atoms with Crippen LogP contribution in [0.1, 0.15) is 76.6 Å². The van der Waals surface area contributed by atoms with Gasteiger partial charge < -0.3 is 64.5 Å². The fourth-order valence-electron chi connectivity index (χ4n) is 10.2. The molecule has 5 unspecified atom stereocenters. The van der Waals surface area contributed by atoms with Crippen LogP contribution < -0.4 is 30.3 Å². The topological polar surface area (TPSA) is 233 Å². The zero-order valence-electron chi connectivity index (χ0n) is 42.7. The second-order valence-electron chi connectivity index (χ2n) is 18.9. The molecule has 2 heterocycles. The number of carbonyl (C=O) groups is 5. The number of amides is 4. The van der Waals surface area contributed by atoms with Crippen LogP contribution in [0.5, 0.6) is 23.0 Å². The average Bonchev–Trinajstić information content (AvgIpc) is 4.16. The van der Waals surface area contributed by atoms with Gasteiger partial charge in [0.05, 0.1) is 39.3 Å². The van der Waals surface area contributed by atoms with Crippen LogP contribution >= 0.6 is 0 Å². The Balaban J connectivity index is 0.914. The van der Waals surface area contributed by atoms with Crippen LogP contribution in [-0.4, -0.2) is 116 Å². The molecule has 0 bridgehead atoms. The number of hydrogen-bond donors (Lipinski definition) is 5. The molecule has 1 saturated heterocycles. The van der Waals surface area contributed by atoms with Gasteiger partial charge in [0.1, 0.15) is 19.8 Å². The van der Waals surface area contributed by atoms with E-state index < -0.39 is 48.0 Å². The summed E-state index contributed by atoms with van der Waals surface area (Å²) >= 11 is 0. The monoisotopic (exact) mass is 1040 g/mol. The Bertz CT molecular complexity index is 2740. The molecule has 402 valence electrons. The lowest BCUT2D eigenvalue weighted by Crippen LogP contribution is -2.46. The highest BCUT2D eigenvalue weighted by Gasteiger charge is 2.53. The number of fused-ring (bicyclic) bond motifs is 3. The van der Waals surface area contributed by atoms with Gasteiger partial charge in [0.2, 0.25) is 11.7 Å². The molecule has 5 aromatic carbocycles. The van der Waals surface area contributed by atoms with Gasteiger partial charge in [-0.1, -0.05) is 91.0 Å².